The van der Waals surface area contributed by atoms with Gasteiger partial charge in [-0.1, -0.05) is 65.7 Å². The molecular weight excluding hydrogens is 533 g/mol. The second-order valence-electron chi connectivity index (χ2n) is 9.95. The van der Waals surface area contributed by atoms with E-state index in [1.807, 2.05) is 45.0 Å². The molecule has 198 valence electrons. The zero-order chi connectivity index (χ0) is 27.5. The number of fused-ring (bicyclic) bond motifs is 1. The van der Waals surface area contributed by atoms with Gasteiger partial charge in [-0.3, -0.25) is 13.9 Å². The molecule has 0 aliphatic rings. The van der Waals surface area contributed by atoms with Crippen molar-refractivity contribution < 1.29 is 18.0 Å². The van der Waals surface area contributed by atoms with Crippen molar-refractivity contribution >= 4 is 61.5 Å². The van der Waals surface area contributed by atoms with Crippen LogP contribution in [0.5, 0.6) is 0 Å². The van der Waals surface area contributed by atoms with Crippen LogP contribution >= 0.6 is 23.2 Å². The average molecular weight is 565 g/mol. The van der Waals surface area contributed by atoms with Crippen molar-refractivity contribution in [3.05, 3.63) is 76.3 Å². The number of hydrogen-bond donors (Lipinski definition) is 1. The Morgan fingerprint density at radius 1 is 0.973 bits per heavy atom. The van der Waals surface area contributed by atoms with E-state index in [1.165, 1.54) is 4.90 Å². The third kappa shape index (κ3) is 7.37. The Labute approximate surface area is 228 Å². The molecule has 0 aromatic heterocycles. The van der Waals surface area contributed by atoms with Gasteiger partial charge in [0.05, 0.1) is 22.0 Å². The summed E-state index contributed by atoms with van der Waals surface area (Å²) < 4.78 is 26.9. The molecule has 0 spiro atoms. The molecule has 0 saturated heterocycles. The van der Waals surface area contributed by atoms with E-state index in [9.17, 15) is 18.0 Å². The largest absolute Gasteiger partial charge is 0.350 e. The van der Waals surface area contributed by atoms with Crippen LogP contribution in [0.3, 0.4) is 0 Å². The van der Waals surface area contributed by atoms with Gasteiger partial charge in [-0.05, 0) is 56.8 Å². The van der Waals surface area contributed by atoms with Crippen molar-refractivity contribution in [2.75, 3.05) is 17.1 Å². The SMILES string of the molecule is C[C@@H](C(=O)NC(C)(C)C)N(Cc1ccc(Cl)c(Cl)c1)C(=O)CN(c1cccc2ccccc12)S(C)(=O)=O. The molecule has 0 heterocycles. The average Bonchev–Trinajstić information content (AvgIpc) is 2.80. The molecule has 0 unspecified atom stereocenters. The first-order valence-corrected chi connectivity index (χ1v) is 14.3. The normalized spacial score (nSPS) is 12.7. The van der Waals surface area contributed by atoms with Crippen LogP contribution in [0.15, 0.2) is 60.7 Å². The van der Waals surface area contributed by atoms with Crippen molar-refractivity contribution in [3.63, 3.8) is 0 Å². The molecule has 7 nitrogen and oxygen atoms in total. The first-order valence-electron chi connectivity index (χ1n) is 11.7. The predicted octanol–water partition coefficient (Wildman–Crippen LogP) is 5.24. The van der Waals surface area contributed by atoms with Gasteiger partial charge < -0.3 is 10.2 Å². The second-order valence-corrected chi connectivity index (χ2v) is 12.7. The van der Waals surface area contributed by atoms with Gasteiger partial charge in [0.2, 0.25) is 21.8 Å². The van der Waals surface area contributed by atoms with Crippen LogP contribution in [0, 0.1) is 0 Å². The maximum absolute atomic E-state index is 13.8. The number of carbonyl (C=O) groups excluding carboxylic acids is 2. The van der Waals surface area contributed by atoms with Crippen LogP contribution in [0.2, 0.25) is 10.0 Å². The van der Waals surface area contributed by atoms with E-state index in [2.05, 4.69) is 5.32 Å². The van der Waals surface area contributed by atoms with E-state index < -0.39 is 34.1 Å². The first-order chi connectivity index (χ1) is 17.2. The highest BCUT2D eigenvalue weighted by atomic mass is 35.5. The number of halogens is 2. The number of hydrogen-bond acceptors (Lipinski definition) is 4. The van der Waals surface area contributed by atoms with Gasteiger partial charge in [-0.15, -0.1) is 0 Å². The number of carbonyl (C=O) groups is 2. The molecule has 37 heavy (non-hydrogen) atoms. The minimum absolute atomic E-state index is 0.0294. The predicted molar refractivity (Wildman–Crippen MR) is 151 cm³/mol. The maximum Gasteiger partial charge on any atom is 0.244 e. The lowest BCUT2D eigenvalue weighted by Gasteiger charge is -2.33. The minimum atomic E-state index is -3.85. The summed E-state index contributed by atoms with van der Waals surface area (Å²) in [6.45, 7) is 6.68. The monoisotopic (exact) mass is 563 g/mol. The number of anilines is 1. The third-order valence-corrected chi connectivity index (χ3v) is 7.58. The Kier molecular flexibility index (Phi) is 8.78. The van der Waals surface area contributed by atoms with E-state index in [4.69, 9.17) is 23.2 Å². The molecule has 3 aromatic rings. The van der Waals surface area contributed by atoms with Crippen molar-refractivity contribution in [1.82, 2.24) is 10.2 Å². The molecule has 0 aliphatic heterocycles. The highest BCUT2D eigenvalue weighted by Gasteiger charge is 2.32. The highest BCUT2D eigenvalue weighted by Crippen LogP contribution is 2.29. The molecule has 1 atom stereocenters. The number of amides is 2. The van der Waals surface area contributed by atoms with E-state index >= 15 is 0 Å². The third-order valence-electron chi connectivity index (χ3n) is 5.72. The Hall–Kier alpha value is -2.81. The van der Waals surface area contributed by atoms with Gasteiger partial charge in [0.15, 0.2) is 0 Å². The van der Waals surface area contributed by atoms with Gasteiger partial charge in [-0.25, -0.2) is 8.42 Å². The zero-order valence-electron chi connectivity index (χ0n) is 21.5. The topological polar surface area (TPSA) is 86.8 Å². The summed E-state index contributed by atoms with van der Waals surface area (Å²) in [5, 5.41) is 5.09. The first kappa shape index (κ1) is 28.8. The standard InChI is InChI=1S/C27H31Cl2N3O4S/c1-18(26(34)30-27(2,3)4)31(16-19-13-14-22(28)23(29)15-19)25(33)17-32(37(5,35)36)24-12-8-10-20-9-6-7-11-21(20)24/h6-15,18H,16-17H2,1-5H3,(H,30,34)/t18-/m0/s1. The molecule has 1 N–H and O–H groups in total. The van der Waals surface area contributed by atoms with Crippen LogP contribution in [0.4, 0.5) is 5.69 Å². The molecule has 2 amide bonds. The van der Waals surface area contributed by atoms with Crippen molar-refractivity contribution in [3.8, 4) is 0 Å². The maximum atomic E-state index is 13.8. The molecule has 0 saturated carbocycles. The summed E-state index contributed by atoms with van der Waals surface area (Å²) in [7, 11) is -3.85. The lowest BCUT2D eigenvalue weighted by molar-refractivity contribution is -0.140. The van der Waals surface area contributed by atoms with Gasteiger partial charge in [0, 0.05) is 17.5 Å². The molecule has 0 bridgehead atoms. The Morgan fingerprint density at radius 3 is 2.24 bits per heavy atom. The van der Waals surface area contributed by atoms with Crippen molar-refractivity contribution in [2.45, 2.75) is 45.8 Å². The van der Waals surface area contributed by atoms with Crippen LogP contribution in [0.25, 0.3) is 10.8 Å². The second kappa shape index (κ2) is 11.3. The Bertz CT molecular complexity index is 1420. The van der Waals surface area contributed by atoms with Crippen molar-refractivity contribution in [2.24, 2.45) is 0 Å². The molecule has 0 aliphatic carbocycles. The summed E-state index contributed by atoms with van der Waals surface area (Å²) in [6.07, 6.45) is 1.06. The van der Waals surface area contributed by atoms with E-state index in [0.29, 0.717) is 26.7 Å². The fourth-order valence-electron chi connectivity index (χ4n) is 3.91. The molecular formula is C27H31Cl2N3O4S. The van der Waals surface area contributed by atoms with Crippen LogP contribution in [-0.4, -0.2) is 49.5 Å². The van der Waals surface area contributed by atoms with Gasteiger partial charge in [-0.2, -0.15) is 0 Å². The molecule has 3 rings (SSSR count). The summed E-state index contributed by atoms with van der Waals surface area (Å²) in [5.41, 5.74) is 0.509. The fraction of sp³-hybridized carbons (Fsp3) is 0.333. The lowest BCUT2D eigenvalue weighted by atomic mass is 10.1. The summed E-state index contributed by atoms with van der Waals surface area (Å²) in [6, 6.07) is 16.7. The van der Waals surface area contributed by atoms with E-state index in [-0.39, 0.29) is 12.5 Å². The van der Waals surface area contributed by atoms with Gasteiger partial charge in [0.25, 0.3) is 0 Å². The smallest absolute Gasteiger partial charge is 0.244 e. The number of benzene rings is 3. The van der Waals surface area contributed by atoms with Crippen LogP contribution in [-0.2, 0) is 26.2 Å². The fourth-order valence-corrected chi connectivity index (χ4v) is 5.09. The molecule has 3 aromatic carbocycles. The quantitative estimate of drug-likeness (QED) is 0.405. The number of rotatable bonds is 8. The van der Waals surface area contributed by atoms with Gasteiger partial charge >= 0.3 is 0 Å². The Balaban J connectivity index is 2.01. The van der Waals surface area contributed by atoms with Crippen LogP contribution in [0.1, 0.15) is 33.3 Å². The summed E-state index contributed by atoms with van der Waals surface area (Å²) in [4.78, 5) is 28.2. The molecule has 0 fully saturated rings. The summed E-state index contributed by atoms with van der Waals surface area (Å²) in [5.74, 6) is -0.905. The number of nitrogens with one attached hydrogen (secondary N) is 1. The highest BCUT2D eigenvalue weighted by molar-refractivity contribution is 7.92. The van der Waals surface area contributed by atoms with Crippen molar-refractivity contribution in [1.29, 1.82) is 0 Å². The lowest BCUT2D eigenvalue weighted by Crippen LogP contribution is -2.54. The number of sulfonamides is 1. The minimum Gasteiger partial charge on any atom is -0.350 e. The van der Waals surface area contributed by atoms with E-state index in [1.54, 1.807) is 43.3 Å². The Morgan fingerprint density at radius 2 is 1.62 bits per heavy atom. The van der Waals surface area contributed by atoms with E-state index in [0.717, 1.165) is 15.9 Å². The number of nitrogens with zero attached hydrogens (tertiary/aromatic N) is 2. The summed E-state index contributed by atoms with van der Waals surface area (Å²) >= 11 is 12.2. The molecule has 0 radical (unpaired) electrons. The van der Waals surface area contributed by atoms with Crippen LogP contribution < -0.4 is 9.62 Å². The van der Waals surface area contributed by atoms with Gasteiger partial charge in [0.1, 0.15) is 12.6 Å². The zero-order valence-corrected chi connectivity index (χ0v) is 23.8. The molecule has 10 heteroatoms.